The van der Waals surface area contributed by atoms with Gasteiger partial charge in [0.15, 0.2) is 0 Å². The normalized spacial score (nSPS) is 11.6. The molecule has 0 aliphatic carbocycles. The summed E-state index contributed by atoms with van der Waals surface area (Å²) in [5.74, 6) is -3.08. The molecule has 1 atom stereocenters. The molecule has 1 aromatic heterocycles. The third-order valence-electron chi connectivity index (χ3n) is 2.35. The van der Waals surface area contributed by atoms with Crippen LogP contribution in [0.15, 0.2) is 15.8 Å². The molecule has 0 bridgehead atoms. The van der Waals surface area contributed by atoms with Crippen LogP contribution in [0.3, 0.4) is 0 Å². The predicted molar refractivity (Wildman–Crippen MR) is 65.0 cm³/mol. The van der Waals surface area contributed by atoms with E-state index in [9.17, 15) is 24.0 Å². The highest BCUT2D eigenvalue weighted by Gasteiger charge is 2.22. The van der Waals surface area contributed by atoms with Gasteiger partial charge in [0.05, 0.1) is 0 Å². The molecule has 6 N–H and O–H groups in total. The number of carboxylic acids is 1. The third kappa shape index (κ3) is 4.08. The minimum atomic E-state index is -1.37. The first-order valence-electron chi connectivity index (χ1n) is 5.45. The number of amides is 2. The summed E-state index contributed by atoms with van der Waals surface area (Å²) >= 11 is 0. The van der Waals surface area contributed by atoms with Gasteiger partial charge in [-0.2, -0.15) is 0 Å². The van der Waals surface area contributed by atoms with Gasteiger partial charge in [-0.15, -0.1) is 0 Å². The first-order chi connectivity index (χ1) is 9.31. The molecule has 2 amide bonds. The van der Waals surface area contributed by atoms with Gasteiger partial charge in [-0.05, 0) is 6.42 Å². The smallest absolute Gasteiger partial charge is 0.326 e. The van der Waals surface area contributed by atoms with Crippen molar-refractivity contribution in [2.24, 2.45) is 5.73 Å². The lowest BCUT2D eigenvalue weighted by molar-refractivity contribution is -0.139. The summed E-state index contributed by atoms with van der Waals surface area (Å²) in [4.78, 5) is 59.2. The Balaban J connectivity index is 2.85. The zero-order valence-electron chi connectivity index (χ0n) is 10.1. The zero-order valence-corrected chi connectivity index (χ0v) is 10.1. The fourth-order valence-corrected chi connectivity index (χ4v) is 1.36. The molecule has 0 unspecified atom stereocenters. The van der Waals surface area contributed by atoms with E-state index in [0.29, 0.717) is 0 Å². The molecule has 0 saturated heterocycles. The maximum Gasteiger partial charge on any atom is 0.326 e. The third-order valence-corrected chi connectivity index (χ3v) is 2.35. The van der Waals surface area contributed by atoms with E-state index >= 15 is 0 Å². The zero-order chi connectivity index (χ0) is 15.3. The summed E-state index contributed by atoms with van der Waals surface area (Å²) in [6.45, 7) is 0. The van der Waals surface area contributed by atoms with Crippen LogP contribution in [0.5, 0.6) is 0 Å². The van der Waals surface area contributed by atoms with Gasteiger partial charge in [0.2, 0.25) is 5.91 Å². The Morgan fingerprint density at radius 2 is 2.00 bits per heavy atom. The number of rotatable bonds is 6. The lowest BCUT2D eigenvalue weighted by Gasteiger charge is -2.13. The Labute approximate surface area is 111 Å². The Morgan fingerprint density at radius 3 is 2.50 bits per heavy atom. The second kappa shape index (κ2) is 6.31. The summed E-state index contributed by atoms with van der Waals surface area (Å²) in [6, 6.07) is -1.37. The Morgan fingerprint density at radius 1 is 1.35 bits per heavy atom. The van der Waals surface area contributed by atoms with Gasteiger partial charge < -0.3 is 21.1 Å². The fraction of sp³-hybridized carbons (Fsp3) is 0.300. The van der Waals surface area contributed by atoms with Gasteiger partial charge in [0.1, 0.15) is 11.6 Å². The number of aromatic amines is 2. The fourth-order valence-electron chi connectivity index (χ4n) is 1.36. The number of carbonyl (C=O) groups excluding carboxylic acids is 2. The van der Waals surface area contributed by atoms with Gasteiger partial charge >= 0.3 is 11.7 Å². The standard InChI is InChI=1S/C10H12N4O6/c11-6(15)2-1-5(9(18)19)13-7(16)4-3-12-10(20)14-8(4)17/h3,5H,1-2H2,(H2,11,15)(H,13,16)(H,18,19)(H2,12,14,17,20)/t5-/m0/s1. The van der Waals surface area contributed by atoms with Crippen LogP contribution in [-0.2, 0) is 9.59 Å². The number of hydrogen-bond donors (Lipinski definition) is 5. The van der Waals surface area contributed by atoms with Gasteiger partial charge in [-0.3, -0.25) is 19.4 Å². The molecular formula is C10H12N4O6. The van der Waals surface area contributed by atoms with Crippen molar-refractivity contribution >= 4 is 17.8 Å². The molecule has 20 heavy (non-hydrogen) atoms. The van der Waals surface area contributed by atoms with E-state index in [0.717, 1.165) is 6.20 Å². The van der Waals surface area contributed by atoms with Gasteiger partial charge in [-0.25, -0.2) is 9.59 Å². The van der Waals surface area contributed by atoms with Crippen molar-refractivity contribution in [2.75, 3.05) is 0 Å². The van der Waals surface area contributed by atoms with E-state index in [1.54, 1.807) is 0 Å². The predicted octanol–water partition coefficient (Wildman–Crippen LogP) is -2.49. The van der Waals surface area contributed by atoms with Crippen LogP contribution in [0, 0.1) is 0 Å². The summed E-state index contributed by atoms with van der Waals surface area (Å²) in [6.07, 6.45) is 0.417. The number of carboxylic acid groups (broad SMARTS) is 1. The molecule has 0 fully saturated rings. The van der Waals surface area contributed by atoms with Crippen LogP contribution in [0.1, 0.15) is 23.2 Å². The molecule has 0 aliphatic heterocycles. The number of H-pyrrole nitrogens is 2. The van der Waals surface area contributed by atoms with Crippen molar-refractivity contribution in [2.45, 2.75) is 18.9 Å². The SMILES string of the molecule is NC(=O)CC[C@H](NC(=O)c1c[nH]c(=O)[nH]c1=O)C(=O)O. The molecule has 10 nitrogen and oxygen atoms in total. The molecule has 0 aliphatic rings. The quantitative estimate of drug-likeness (QED) is 0.386. The lowest BCUT2D eigenvalue weighted by atomic mass is 10.1. The average molecular weight is 284 g/mol. The van der Waals surface area contributed by atoms with E-state index in [4.69, 9.17) is 10.8 Å². The Bertz CT molecular complexity index is 646. The first-order valence-corrected chi connectivity index (χ1v) is 5.45. The van der Waals surface area contributed by atoms with Crippen molar-refractivity contribution in [1.29, 1.82) is 0 Å². The molecule has 0 aromatic carbocycles. The Kier molecular flexibility index (Phi) is 4.78. The van der Waals surface area contributed by atoms with Crippen molar-refractivity contribution in [3.63, 3.8) is 0 Å². The van der Waals surface area contributed by atoms with E-state index in [2.05, 4.69) is 10.3 Å². The first kappa shape index (κ1) is 15.1. The van der Waals surface area contributed by atoms with E-state index < -0.39 is 40.6 Å². The summed E-state index contributed by atoms with van der Waals surface area (Å²) in [7, 11) is 0. The van der Waals surface area contributed by atoms with Crippen LogP contribution in [0.4, 0.5) is 0 Å². The highest BCUT2D eigenvalue weighted by molar-refractivity contribution is 5.96. The molecule has 10 heteroatoms. The van der Waals surface area contributed by atoms with E-state index in [1.807, 2.05) is 4.98 Å². The van der Waals surface area contributed by atoms with Crippen LogP contribution in [-0.4, -0.2) is 38.9 Å². The van der Waals surface area contributed by atoms with E-state index in [-0.39, 0.29) is 12.8 Å². The molecule has 0 spiro atoms. The maximum atomic E-state index is 11.7. The van der Waals surface area contributed by atoms with Crippen LogP contribution in [0.25, 0.3) is 0 Å². The Hall–Kier alpha value is -2.91. The van der Waals surface area contributed by atoms with Crippen molar-refractivity contribution in [1.82, 2.24) is 15.3 Å². The van der Waals surface area contributed by atoms with Gasteiger partial charge in [0.25, 0.3) is 11.5 Å². The van der Waals surface area contributed by atoms with E-state index in [1.165, 1.54) is 0 Å². The average Bonchev–Trinajstić information content (AvgIpc) is 2.33. The summed E-state index contributed by atoms with van der Waals surface area (Å²) in [5, 5.41) is 10.9. The highest BCUT2D eigenvalue weighted by Crippen LogP contribution is 1.99. The molecule has 1 aromatic rings. The molecule has 0 saturated carbocycles. The summed E-state index contributed by atoms with van der Waals surface area (Å²) in [5.41, 5.74) is 2.69. The number of carbonyl (C=O) groups is 3. The second-order valence-corrected chi connectivity index (χ2v) is 3.85. The molecule has 0 radical (unpaired) electrons. The van der Waals surface area contributed by atoms with Gasteiger partial charge in [0, 0.05) is 12.6 Å². The number of hydrogen-bond acceptors (Lipinski definition) is 5. The van der Waals surface area contributed by atoms with Gasteiger partial charge in [-0.1, -0.05) is 0 Å². The topological polar surface area (TPSA) is 175 Å². The minimum absolute atomic E-state index is 0.211. The molecule has 1 heterocycles. The summed E-state index contributed by atoms with van der Waals surface area (Å²) < 4.78 is 0. The largest absolute Gasteiger partial charge is 0.480 e. The molecule has 1 rings (SSSR count). The second-order valence-electron chi connectivity index (χ2n) is 3.85. The number of nitrogens with two attached hydrogens (primary N) is 1. The minimum Gasteiger partial charge on any atom is -0.480 e. The van der Waals surface area contributed by atoms with Crippen molar-refractivity contribution < 1.29 is 19.5 Å². The number of primary amides is 1. The number of aromatic nitrogens is 2. The monoisotopic (exact) mass is 284 g/mol. The highest BCUT2D eigenvalue weighted by atomic mass is 16.4. The lowest BCUT2D eigenvalue weighted by Crippen LogP contribution is -2.43. The molecular weight excluding hydrogens is 272 g/mol. The number of nitrogens with one attached hydrogen (secondary N) is 3. The van der Waals surface area contributed by atoms with Crippen LogP contribution < -0.4 is 22.3 Å². The maximum absolute atomic E-state index is 11.7. The van der Waals surface area contributed by atoms with Crippen molar-refractivity contribution in [3.8, 4) is 0 Å². The van der Waals surface area contributed by atoms with Crippen molar-refractivity contribution in [3.05, 3.63) is 32.6 Å². The van der Waals surface area contributed by atoms with Crippen LogP contribution >= 0.6 is 0 Å². The number of aliphatic carboxylic acids is 1. The van der Waals surface area contributed by atoms with Crippen LogP contribution in [0.2, 0.25) is 0 Å². The molecule has 108 valence electrons.